The Bertz CT molecular complexity index is 895. The van der Waals surface area contributed by atoms with Gasteiger partial charge in [-0.3, -0.25) is 4.79 Å². The summed E-state index contributed by atoms with van der Waals surface area (Å²) in [6, 6.07) is 10.6. The summed E-state index contributed by atoms with van der Waals surface area (Å²) < 4.78 is 11.0. The highest BCUT2D eigenvalue weighted by atomic mass is 35.5. The number of amides is 1. The summed E-state index contributed by atoms with van der Waals surface area (Å²) in [5.74, 6) is 1.23. The fraction of sp³-hybridized carbons (Fsp3) is 0.222. The van der Waals surface area contributed by atoms with Gasteiger partial charge < -0.3 is 14.6 Å². The van der Waals surface area contributed by atoms with Gasteiger partial charge >= 0.3 is 0 Å². The minimum Gasteiger partial charge on any atom is -0.479 e. The fourth-order valence-electron chi connectivity index (χ4n) is 2.19. The SMILES string of the molecule is CCC(=O)Nc1cccc(-c2noc([C@H](C)Oc3ccc(Cl)nc3)n2)c1. The standard InChI is InChI=1S/C18H17ClN4O3/c1-3-16(24)21-13-6-4-5-12(9-13)17-22-18(26-23-17)11(2)25-14-7-8-15(19)20-10-14/h4-11H,3H2,1-2H3,(H,21,24)/t11-/m0/s1. The number of hydrogen-bond donors (Lipinski definition) is 1. The minimum atomic E-state index is -0.456. The molecule has 0 unspecified atom stereocenters. The van der Waals surface area contributed by atoms with Gasteiger partial charge in [0.2, 0.25) is 11.7 Å². The van der Waals surface area contributed by atoms with Gasteiger partial charge in [0.05, 0.1) is 6.20 Å². The quantitative estimate of drug-likeness (QED) is 0.649. The van der Waals surface area contributed by atoms with Gasteiger partial charge in [-0.15, -0.1) is 0 Å². The molecule has 0 radical (unpaired) electrons. The van der Waals surface area contributed by atoms with Gasteiger partial charge in [0.15, 0.2) is 6.10 Å². The van der Waals surface area contributed by atoms with E-state index in [0.29, 0.717) is 34.7 Å². The molecule has 0 bridgehead atoms. The molecule has 1 N–H and O–H groups in total. The van der Waals surface area contributed by atoms with Gasteiger partial charge in [0.1, 0.15) is 10.9 Å². The van der Waals surface area contributed by atoms with Gasteiger partial charge in [-0.25, -0.2) is 4.98 Å². The second-order valence-electron chi connectivity index (χ2n) is 5.52. The highest BCUT2D eigenvalue weighted by molar-refractivity contribution is 6.29. The van der Waals surface area contributed by atoms with Crippen LogP contribution in [0, 0.1) is 0 Å². The van der Waals surface area contributed by atoms with Crippen LogP contribution in [0.2, 0.25) is 5.15 Å². The lowest BCUT2D eigenvalue weighted by Gasteiger charge is -2.09. The van der Waals surface area contributed by atoms with E-state index in [9.17, 15) is 4.79 Å². The predicted octanol–water partition coefficient (Wildman–Crippen LogP) is 4.27. The Morgan fingerprint density at radius 3 is 2.92 bits per heavy atom. The van der Waals surface area contributed by atoms with E-state index in [0.717, 1.165) is 5.56 Å². The highest BCUT2D eigenvalue weighted by Crippen LogP contribution is 2.24. The molecule has 0 spiro atoms. The Kier molecular flexibility index (Phi) is 5.48. The van der Waals surface area contributed by atoms with Crippen LogP contribution in [0.3, 0.4) is 0 Å². The maximum absolute atomic E-state index is 11.5. The maximum atomic E-state index is 11.5. The monoisotopic (exact) mass is 372 g/mol. The van der Waals surface area contributed by atoms with Crippen LogP contribution < -0.4 is 10.1 Å². The molecule has 134 valence electrons. The van der Waals surface area contributed by atoms with Crippen LogP contribution >= 0.6 is 11.6 Å². The second kappa shape index (κ2) is 7.97. The van der Waals surface area contributed by atoms with Crippen molar-refractivity contribution in [2.24, 2.45) is 0 Å². The van der Waals surface area contributed by atoms with Gasteiger partial charge in [-0.05, 0) is 31.2 Å². The number of carbonyl (C=O) groups excluding carboxylic acids is 1. The van der Waals surface area contributed by atoms with E-state index in [1.165, 1.54) is 6.20 Å². The highest BCUT2D eigenvalue weighted by Gasteiger charge is 2.17. The van der Waals surface area contributed by atoms with Crippen molar-refractivity contribution in [3.8, 4) is 17.1 Å². The van der Waals surface area contributed by atoms with Crippen LogP contribution in [-0.4, -0.2) is 21.0 Å². The molecule has 8 heteroatoms. The van der Waals surface area contributed by atoms with E-state index in [-0.39, 0.29) is 5.91 Å². The van der Waals surface area contributed by atoms with Crippen LogP contribution in [0.15, 0.2) is 47.1 Å². The zero-order valence-corrected chi connectivity index (χ0v) is 15.0. The summed E-state index contributed by atoms with van der Waals surface area (Å²) in [5, 5.41) is 7.18. The zero-order valence-electron chi connectivity index (χ0n) is 14.3. The van der Waals surface area contributed by atoms with Gasteiger partial charge in [-0.2, -0.15) is 4.98 Å². The minimum absolute atomic E-state index is 0.0606. The number of nitrogens with zero attached hydrogens (tertiary/aromatic N) is 3. The van der Waals surface area contributed by atoms with Crippen molar-refractivity contribution in [3.05, 3.63) is 53.6 Å². The molecule has 0 fully saturated rings. The van der Waals surface area contributed by atoms with E-state index in [1.54, 1.807) is 38.1 Å². The Labute approximate surface area is 155 Å². The molecular formula is C18H17ClN4O3. The molecule has 0 aliphatic heterocycles. The van der Waals surface area contributed by atoms with Crippen molar-refractivity contribution in [2.45, 2.75) is 26.4 Å². The zero-order chi connectivity index (χ0) is 18.5. The number of anilines is 1. The molecule has 2 heterocycles. The molecule has 3 rings (SSSR count). The first kappa shape index (κ1) is 17.9. The third-order valence-corrected chi connectivity index (χ3v) is 3.75. The van der Waals surface area contributed by atoms with Crippen molar-refractivity contribution >= 4 is 23.2 Å². The molecular weight excluding hydrogens is 356 g/mol. The Morgan fingerprint density at radius 2 is 2.19 bits per heavy atom. The Morgan fingerprint density at radius 1 is 1.35 bits per heavy atom. The van der Waals surface area contributed by atoms with Gasteiger partial charge in [0, 0.05) is 17.7 Å². The van der Waals surface area contributed by atoms with Crippen molar-refractivity contribution in [2.75, 3.05) is 5.32 Å². The van der Waals surface area contributed by atoms with E-state index >= 15 is 0 Å². The lowest BCUT2D eigenvalue weighted by molar-refractivity contribution is -0.115. The molecule has 1 amide bonds. The number of nitrogens with one attached hydrogen (secondary N) is 1. The smallest absolute Gasteiger partial charge is 0.267 e. The topological polar surface area (TPSA) is 90.1 Å². The molecule has 0 saturated carbocycles. The molecule has 0 aliphatic rings. The number of carbonyl (C=O) groups is 1. The first-order chi connectivity index (χ1) is 12.5. The summed E-state index contributed by atoms with van der Waals surface area (Å²) in [7, 11) is 0. The molecule has 1 aromatic carbocycles. The van der Waals surface area contributed by atoms with E-state index < -0.39 is 6.10 Å². The van der Waals surface area contributed by atoms with Crippen LogP contribution in [0.5, 0.6) is 5.75 Å². The number of hydrogen-bond acceptors (Lipinski definition) is 6. The second-order valence-corrected chi connectivity index (χ2v) is 5.90. The fourth-order valence-corrected chi connectivity index (χ4v) is 2.30. The summed E-state index contributed by atoms with van der Waals surface area (Å²) in [6.07, 6.45) is 1.48. The first-order valence-electron chi connectivity index (χ1n) is 8.07. The number of halogens is 1. The maximum Gasteiger partial charge on any atom is 0.267 e. The van der Waals surface area contributed by atoms with Crippen LogP contribution in [0.1, 0.15) is 32.3 Å². The first-order valence-corrected chi connectivity index (χ1v) is 8.45. The van der Waals surface area contributed by atoms with Crippen LogP contribution in [0.4, 0.5) is 5.69 Å². The Balaban J connectivity index is 1.73. The molecule has 26 heavy (non-hydrogen) atoms. The largest absolute Gasteiger partial charge is 0.479 e. The van der Waals surface area contributed by atoms with Crippen molar-refractivity contribution in [1.82, 2.24) is 15.1 Å². The van der Waals surface area contributed by atoms with Crippen molar-refractivity contribution in [3.63, 3.8) is 0 Å². The molecule has 3 aromatic rings. The van der Waals surface area contributed by atoms with Crippen molar-refractivity contribution < 1.29 is 14.1 Å². The Hall–Kier alpha value is -2.93. The van der Waals surface area contributed by atoms with Crippen LogP contribution in [0.25, 0.3) is 11.4 Å². The van der Waals surface area contributed by atoms with E-state index in [1.807, 2.05) is 12.1 Å². The van der Waals surface area contributed by atoms with E-state index in [2.05, 4.69) is 20.4 Å². The number of pyridine rings is 1. The lowest BCUT2D eigenvalue weighted by Crippen LogP contribution is -2.09. The number of ether oxygens (including phenoxy) is 1. The lowest BCUT2D eigenvalue weighted by atomic mass is 10.2. The summed E-state index contributed by atoms with van der Waals surface area (Å²) in [4.78, 5) is 19.9. The van der Waals surface area contributed by atoms with Gasteiger partial charge in [-0.1, -0.05) is 35.8 Å². The molecule has 2 aromatic heterocycles. The molecule has 1 atom stereocenters. The average molecular weight is 373 g/mol. The molecule has 0 aliphatic carbocycles. The third-order valence-electron chi connectivity index (χ3n) is 3.53. The van der Waals surface area contributed by atoms with Crippen LogP contribution in [-0.2, 0) is 4.79 Å². The van der Waals surface area contributed by atoms with Gasteiger partial charge in [0.25, 0.3) is 5.89 Å². The number of benzene rings is 1. The summed E-state index contributed by atoms with van der Waals surface area (Å²) in [5.41, 5.74) is 1.41. The molecule has 0 saturated heterocycles. The summed E-state index contributed by atoms with van der Waals surface area (Å²) >= 11 is 5.76. The normalized spacial score (nSPS) is 11.8. The number of aromatic nitrogens is 3. The number of rotatable bonds is 6. The molecule has 7 nitrogen and oxygen atoms in total. The summed E-state index contributed by atoms with van der Waals surface area (Å²) in [6.45, 7) is 3.59. The predicted molar refractivity (Wildman–Crippen MR) is 96.9 cm³/mol. The average Bonchev–Trinajstić information content (AvgIpc) is 3.14. The van der Waals surface area contributed by atoms with E-state index in [4.69, 9.17) is 20.9 Å². The third kappa shape index (κ3) is 4.37. The van der Waals surface area contributed by atoms with Crippen molar-refractivity contribution in [1.29, 1.82) is 0 Å².